The Hall–Kier alpha value is -2.85. The van der Waals surface area contributed by atoms with Crippen LogP contribution in [0.25, 0.3) is 5.69 Å². The van der Waals surface area contributed by atoms with Crippen molar-refractivity contribution in [2.45, 2.75) is 0 Å². The summed E-state index contributed by atoms with van der Waals surface area (Å²) in [4.78, 5) is 16.9. The minimum absolute atomic E-state index is 0.0438. The number of benzene rings is 1. The third-order valence-electron chi connectivity index (χ3n) is 4.05. The van der Waals surface area contributed by atoms with Gasteiger partial charge in [-0.15, -0.1) is 16.6 Å². The monoisotopic (exact) mass is 325 g/mol. The number of rotatable bonds is 4. The van der Waals surface area contributed by atoms with Gasteiger partial charge >= 0.3 is 5.97 Å². The van der Waals surface area contributed by atoms with Crippen LogP contribution in [-0.2, 0) is 4.74 Å². The lowest BCUT2D eigenvalue weighted by atomic mass is 10.1. The predicted octanol–water partition coefficient (Wildman–Crippen LogP) is 0.809. The fourth-order valence-corrected chi connectivity index (χ4v) is 2.69. The van der Waals surface area contributed by atoms with E-state index in [-0.39, 0.29) is 6.61 Å². The lowest BCUT2D eigenvalue weighted by Crippen LogP contribution is -2.45. The van der Waals surface area contributed by atoms with Gasteiger partial charge in [0.15, 0.2) is 6.61 Å². The van der Waals surface area contributed by atoms with Crippen molar-refractivity contribution in [3.63, 3.8) is 0 Å². The Balaban J connectivity index is 1.94. The van der Waals surface area contributed by atoms with Gasteiger partial charge in [-0.2, -0.15) is 0 Å². The average Bonchev–Trinajstić information content (AvgIpc) is 3.14. The Labute approximate surface area is 140 Å². The molecule has 0 radical (unpaired) electrons. The third-order valence-corrected chi connectivity index (χ3v) is 4.05. The molecule has 7 nitrogen and oxygen atoms in total. The molecular weight excluding hydrogens is 306 g/mol. The first-order valence-electron chi connectivity index (χ1n) is 7.72. The molecule has 124 valence electrons. The van der Waals surface area contributed by atoms with Crippen molar-refractivity contribution in [3.05, 3.63) is 36.4 Å². The molecule has 2 aromatic rings. The molecule has 1 fully saturated rings. The van der Waals surface area contributed by atoms with Gasteiger partial charge in [0, 0.05) is 31.9 Å². The quantitative estimate of drug-likeness (QED) is 0.612. The van der Waals surface area contributed by atoms with Gasteiger partial charge in [0.05, 0.1) is 11.3 Å². The van der Waals surface area contributed by atoms with Crippen LogP contribution in [0.2, 0.25) is 0 Å². The normalized spacial score (nSPS) is 15.1. The van der Waals surface area contributed by atoms with Crippen molar-refractivity contribution in [2.24, 2.45) is 0 Å². The molecular formula is C17H19N5O2. The first-order valence-corrected chi connectivity index (χ1v) is 7.72. The molecule has 7 heteroatoms. The molecule has 2 heterocycles. The second kappa shape index (κ2) is 7.15. The molecule has 0 aliphatic carbocycles. The van der Waals surface area contributed by atoms with E-state index in [0.29, 0.717) is 5.56 Å². The maximum atomic E-state index is 12.5. The number of ether oxygens (including phenoxy) is 1. The van der Waals surface area contributed by atoms with E-state index in [1.807, 2.05) is 12.1 Å². The smallest absolute Gasteiger partial charge is 0.341 e. The molecule has 0 saturated carbocycles. The fraction of sp³-hybridized carbons (Fsp3) is 0.353. The summed E-state index contributed by atoms with van der Waals surface area (Å²) in [6.07, 6.45) is 8.36. The van der Waals surface area contributed by atoms with Crippen molar-refractivity contribution in [2.75, 3.05) is 44.7 Å². The topological polar surface area (TPSA) is 63.5 Å². The summed E-state index contributed by atoms with van der Waals surface area (Å²) in [6, 6.07) is 5.66. The van der Waals surface area contributed by atoms with E-state index in [1.54, 1.807) is 23.3 Å². The van der Waals surface area contributed by atoms with Crippen molar-refractivity contribution < 1.29 is 9.53 Å². The number of likely N-dealkylation sites (N-methyl/N-ethyl adjacent to an activating group) is 1. The molecule has 24 heavy (non-hydrogen) atoms. The van der Waals surface area contributed by atoms with Crippen LogP contribution in [0, 0.1) is 12.3 Å². The first-order chi connectivity index (χ1) is 11.7. The highest BCUT2D eigenvalue weighted by Gasteiger charge is 2.21. The number of hydrogen-bond donors (Lipinski definition) is 0. The number of carbonyl (C=O) groups excluding carboxylic acids is 1. The molecule has 1 aromatic heterocycles. The minimum atomic E-state index is -0.420. The van der Waals surface area contributed by atoms with Gasteiger partial charge in [-0.3, -0.25) is 4.57 Å². The second-order valence-corrected chi connectivity index (χ2v) is 5.64. The Morgan fingerprint density at radius 1 is 1.25 bits per heavy atom. The van der Waals surface area contributed by atoms with Crippen LogP contribution < -0.4 is 4.90 Å². The van der Waals surface area contributed by atoms with Crippen LogP contribution >= 0.6 is 0 Å². The van der Waals surface area contributed by atoms with Gasteiger partial charge in [-0.05, 0) is 25.2 Å². The first kappa shape index (κ1) is 16.0. The molecule has 1 aliphatic heterocycles. The summed E-state index contributed by atoms with van der Waals surface area (Å²) >= 11 is 0. The zero-order chi connectivity index (χ0) is 16.9. The van der Waals surface area contributed by atoms with Crippen LogP contribution in [0.3, 0.4) is 0 Å². The second-order valence-electron chi connectivity index (χ2n) is 5.64. The number of piperazine rings is 1. The Morgan fingerprint density at radius 3 is 2.62 bits per heavy atom. The summed E-state index contributed by atoms with van der Waals surface area (Å²) in [5, 5.41) is 7.60. The number of anilines is 1. The number of aromatic nitrogens is 3. The molecule has 0 atom stereocenters. The fourth-order valence-electron chi connectivity index (χ4n) is 2.69. The number of hydrogen-bond acceptors (Lipinski definition) is 6. The Bertz CT molecular complexity index is 743. The predicted molar refractivity (Wildman–Crippen MR) is 90.2 cm³/mol. The Kier molecular flexibility index (Phi) is 4.77. The van der Waals surface area contributed by atoms with E-state index in [1.165, 1.54) is 0 Å². The van der Waals surface area contributed by atoms with Crippen LogP contribution in [0.4, 0.5) is 5.69 Å². The Morgan fingerprint density at radius 2 is 1.96 bits per heavy atom. The zero-order valence-electron chi connectivity index (χ0n) is 13.6. The summed E-state index contributed by atoms with van der Waals surface area (Å²) in [5.74, 6) is 1.91. The van der Waals surface area contributed by atoms with Gasteiger partial charge in [0.2, 0.25) is 0 Å². The van der Waals surface area contributed by atoms with Gasteiger partial charge in [-0.1, -0.05) is 5.92 Å². The van der Waals surface area contributed by atoms with Crippen molar-refractivity contribution in [1.82, 2.24) is 19.7 Å². The van der Waals surface area contributed by atoms with Crippen molar-refractivity contribution >= 4 is 11.7 Å². The van der Waals surface area contributed by atoms with Gasteiger partial charge in [0.1, 0.15) is 12.7 Å². The largest absolute Gasteiger partial charge is 0.449 e. The summed E-state index contributed by atoms with van der Waals surface area (Å²) < 4.78 is 6.89. The summed E-state index contributed by atoms with van der Waals surface area (Å²) in [7, 11) is 2.09. The molecule has 3 rings (SSSR count). The van der Waals surface area contributed by atoms with Crippen molar-refractivity contribution in [3.8, 4) is 18.0 Å². The molecule has 0 unspecified atom stereocenters. The number of carbonyl (C=O) groups is 1. The SMILES string of the molecule is C#CCOC(=O)c1cc(-n2cnnc2)ccc1N1CCN(C)CC1. The average molecular weight is 325 g/mol. The van der Waals surface area contributed by atoms with Crippen LogP contribution in [0.1, 0.15) is 10.4 Å². The third kappa shape index (κ3) is 3.39. The number of esters is 1. The van der Waals surface area contributed by atoms with E-state index in [2.05, 4.69) is 33.0 Å². The molecule has 1 aliphatic rings. The van der Waals surface area contributed by atoms with E-state index < -0.39 is 5.97 Å². The molecule has 0 N–H and O–H groups in total. The van der Waals surface area contributed by atoms with E-state index in [4.69, 9.17) is 11.2 Å². The lowest BCUT2D eigenvalue weighted by Gasteiger charge is -2.35. The number of terminal acetylenes is 1. The lowest BCUT2D eigenvalue weighted by molar-refractivity contribution is 0.0557. The maximum Gasteiger partial charge on any atom is 0.341 e. The molecule has 0 spiro atoms. The van der Waals surface area contributed by atoms with E-state index in [9.17, 15) is 4.79 Å². The van der Waals surface area contributed by atoms with Gasteiger partial charge in [-0.25, -0.2) is 4.79 Å². The van der Waals surface area contributed by atoms with Crippen LogP contribution in [0.5, 0.6) is 0 Å². The van der Waals surface area contributed by atoms with E-state index >= 15 is 0 Å². The minimum Gasteiger partial charge on any atom is -0.449 e. The standard InChI is InChI=1S/C17H19N5O2/c1-3-10-24-17(23)15-11-14(22-12-18-19-13-22)4-5-16(15)21-8-6-20(2)7-9-21/h1,4-5,11-13H,6-10H2,2H3. The van der Waals surface area contributed by atoms with Crippen LogP contribution in [-0.4, -0.2) is 65.5 Å². The van der Waals surface area contributed by atoms with Gasteiger partial charge < -0.3 is 14.5 Å². The highest BCUT2D eigenvalue weighted by atomic mass is 16.5. The molecule has 0 bridgehead atoms. The maximum absolute atomic E-state index is 12.5. The highest BCUT2D eigenvalue weighted by molar-refractivity contribution is 5.96. The molecule has 1 saturated heterocycles. The molecule has 1 aromatic carbocycles. The van der Waals surface area contributed by atoms with E-state index in [0.717, 1.165) is 37.6 Å². The van der Waals surface area contributed by atoms with Crippen molar-refractivity contribution in [1.29, 1.82) is 0 Å². The molecule has 0 amide bonds. The van der Waals surface area contributed by atoms with Gasteiger partial charge in [0.25, 0.3) is 0 Å². The summed E-state index contributed by atoms with van der Waals surface area (Å²) in [5.41, 5.74) is 2.16. The highest BCUT2D eigenvalue weighted by Crippen LogP contribution is 2.25. The zero-order valence-corrected chi connectivity index (χ0v) is 13.6. The summed E-state index contributed by atoms with van der Waals surface area (Å²) in [6.45, 7) is 3.58. The van der Waals surface area contributed by atoms with Crippen LogP contribution in [0.15, 0.2) is 30.9 Å². The number of nitrogens with zero attached hydrogens (tertiary/aromatic N) is 5.